The third kappa shape index (κ3) is 4.59. The van der Waals surface area contributed by atoms with Crippen molar-refractivity contribution in [2.24, 2.45) is 11.8 Å². The van der Waals surface area contributed by atoms with Crippen LogP contribution in [0.15, 0.2) is 48.5 Å². The molecule has 0 spiro atoms. The van der Waals surface area contributed by atoms with Crippen LogP contribution in [0.2, 0.25) is 5.02 Å². The highest BCUT2D eigenvalue weighted by Crippen LogP contribution is 2.44. The number of rotatable bonds is 6. The third-order valence-corrected chi connectivity index (χ3v) is 7.50. The van der Waals surface area contributed by atoms with Gasteiger partial charge in [-0.05, 0) is 73.1 Å². The Labute approximate surface area is 177 Å². The molecule has 2 aliphatic rings. The fourth-order valence-electron chi connectivity index (χ4n) is 4.61. The lowest BCUT2D eigenvalue weighted by molar-refractivity contribution is 0.0923. The van der Waals surface area contributed by atoms with Crippen molar-refractivity contribution in [1.29, 1.82) is 0 Å². The maximum atomic E-state index is 12.6. The van der Waals surface area contributed by atoms with Gasteiger partial charge in [-0.15, -0.1) is 0 Å². The van der Waals surface area contributed by atoms with E-state index in [1.807, 2.05) is 0 Å². The fourth-order valence-corrected chi connectivity index (χ4v) is 5.62. The highest BCUT2D eigenvalue weighted by Gasteiger charge is 2.40. The van der Waals surface area contributed by atoms with Crippen molar-refractivity contribution >= 4 is 33.2 Å². The van der Waals surface area contributed by atoms with Crippen LogP contribution < -0.4 is 9.62 Å². The minimum atomic E-state index is -3.48. The second kappa shape index (κ2) is 8.00. The Balaban J connectivity index is 1.48. The van der Waals surface area contributed by atoms with Crippen LogP contribution in [-0.4, -0.2) is 26.6 Å². The van der Waals surface area contributed by atoms with Gasteiger partial charge < -0.3 is 5.32 Å². The van der Waals surface area contributed by atoms with Gasteiger partial charge in [-0.25, -0.2) is 8.42 Å². The number of nitrogens with one attached hydrogen (secondary N) is 1. The van der Waals surface area contributed by atoms with E-state index in [-0.39, 0.29) is 18.5 Å². The van der Waals surface area contributed by atoms with Crippen LogP contribution in [0.1, 0.15) is 41.6 Å². The van der Waals surface area contributed by atoms with Crippen LogP contribution in [0.25, 0.3) is 0 Å². The molecule has 3 atom stereocenters. The van der Waals surface area contributed by atoms with E-state index in [1.54, 1.807) is 48.5 Å². The van der Waals surface area contributed by atoms with Crippen molar-refractivity contribution in [3.63, 3.8) is 0 Å². The van der Waals surface area contributed by atoms with Gasteiger partial charge in [-0.3, -0.25) is 9.10 Å². The molecule has 7 heteroatoms. The summed E-state index contributed by atoms with van der Waals surface area (Å²) in [6, 6.07) is 14.1. The molecule has 2 fully saturated rings. The van der Waals surface area contributed by atoms with Crippen molar-refractivity contribution in [3.05, 3.63) is 64.7 Å². The van der Waals surface area contributed by atoms with E-state index >= 15 is 0 Å². The SMILES string of the molecule is CS(=O)(=O)N(Cc1ccc(Cl)cc1)c1ccc(C(=O)N[C@@H]2C[C@H]3CC[C@@H]2C3)cc1. The largest absolute Gasteiger partial charge is 0.349 e. The van der Waals surface area contributed by atoms with E-state index in [0.717, 1.165) is 17.9 Å². The molecule has 2 aromatic carbocycles. The average molecular weight is 433 g/mol. The van der Waals surface area contributed by atoms with E-state index in [9.17, 15) is 13.2 Å². The number of carbonyl (C=O) groups excluding carboxylic acids is 1. The Kier molecular flexibility index (Phi) is 5.58. The van der Waals surface area contributed by atoms with Gasteiger partial charge in [0.15, 0.2) is 0 Å². The Bertz CT molecular complexity index is 990. The molecule has 2 aromatic rings. The molecule has 1 amide bonds. The Morgan fingerprint density at radius 1 is 1.07 bits per heavy atom. The minimum Gasteiger partial charge on any atom is -0.349 e. The van der Waals surface area contributed by atoms with Crippen molar-refractivity contribution in [2.45, 2.75) is 38.3 Å². The summed E-state index contributed by atoms with van der Waals surface area (Å²) in [5.74, 6) is 1.30. The predicted molar refractivity (Wildman–Crippen MR) is 116 cm³/mol. The smallest absolute Gasteiger partial charge is 0.251 e. The molecular weight excluding hydrogens is 408 g/mol. The normalized spacial score (nSPS) is 23.2. The van der Waals surface area contributed by atoms with Gasteiger partial charge >= 0.3 is 0 Å². The van der Waals surface area contributed by atoms with E-state index in [1.165, 1.54) is 29.8 Å². The van der Waals surface area contributed by atoms with E-state index < -0.39 is 10.0 Å². The quantitative estimate of drug-likeness (QED) is 0.742. The highest BCUT2D eigenvalue weighted by molar-refractivity contribution is 7.92. The van der Waals surface area contributed by atoms with Crippen LogP contribution in [-0.2, 0) is 16.6 Å². The second-order valence-corrected chi connectivity index (χ2v) is 10.5. The second-order valence-electron chi connectivity index (χ2n) is 8.20. The van der Waals surface area contributed by atoms with Crippen molar-refractivity contribution < 1.29 is 13.2 Å². The summed E-state index contributed by atoms with van der Waals surface area (Å²) >= 11 is 5.91. The van der Waals surface area contributed by atoms with Crippen LogP contribution in [0.4, 0.5) is 5.69 Å². The molecule has 2 bridgehead atoms. The van der Waals surface area contributed by atoms with Crippen molar-refractivity contribution in [1.82, 2.24) is 5.32 Å². The Hall–Kier alpha value is -2.05. The molecule has 29 heavy (non-hydrogen) atoms. The van der Waals surface area contributed by atoms with Gasteiger partial charge in [-0.1, -0.05) is 30.2 Å². The molecule has 0 aromatic heterocycles. The fraction of sp³-hybridized carbons (Fsp3) is 0.409. The van der Waals surface area contributed by atoms with E-state index in [2.05, 4.69) is 5.32 Å². The molecule has 5 nitrogen and oxygen atoms in total. The van der Waals surface area contributed by atoms with Gasteiger partial charge in [-0.2, -0.15) is 0 Å². The molecule has 2 saturated carbocycles. The van der Waals surface area contributed by atoms with Crippen molar-refractivity contribution in [3.8, 4) is 0 Å². The predicted octanol–water partition coefficient (Wildman–Crippen LogP) is 4.22. The number of carbonyl (C=O) groups is 1. The topological polar surface area (TPSA) is 66.5 Å². The molecule has 0 radical (unpaired) electrons. The lowest BCUT2D eigenvalue weighted by atomic mass is 9.95. The lowest BCUT2D eigenvalue weighted by Crippen LogP contribution is -2.38. The number of anilines is 1. The Morgan fingerprint density at radius 2 is 1.76 bits per heavy atom. The van der Waals surface area contributed by atoms with Crippen LogP contribution in [0.5, 0.6) is 0 Å². The first kappa shape index (κ1) is 20.2. The maximum Gasteiger partial charge on any atom is 0.251 e. The first-order valence-corrected chi connectivity index (χ1v) is 12.2. The Morgan fingerprint density at radius 3 is 2.31 bits per heavy atom. The highest BCUT2D eigenvalue weighted by atomic mass is 35.5. The summed E-state index contributed by atoms with van der Waals surface area (Å²) in [5.41, 5.74) is 1.91. The zero-order chi connectivity index (χ0) is 20.6. The number of nitrogens with zero attached hydrogens (tertiary/aromatic N) is 1. The van der Waals surface area contributed by atoms with E-state index in [4.69, 9.17) is 11.6 Å². The van der Waals surface area contributed by atoms with Gasteiger partial charge in [0.2, 0.25) is 10.0 Å². The number of sulfonamides is 1. The summed E-state index contributed by atoms with van der Waals surface area (Å²) in [5, 5.41) is 3.77. The first-order chi connectivity index (χ1) is 13.8. The molecule has 154 valence electrons. The molecule has 1 N–H and O–H groups in total. The summed E-state index contributed by atoms with van der Waals surface area (Å²) in [6.45, 7) is 0.201. The first-order valence-electron chi connectivity index (χ1n) is 9.92. The number of benzene rings is 2. The molecule has 4 rings (SSSR count). The molecule has 0 heterocycles. The van der Waals surface area contributed by atoms with E-state index in [0.29, 0.717) is 22.2 Å². The van der Waals surface area contributed by atoms with Crippen molar-refractivity contribution in [2.75, 3.05) is 10.6 Å². The number of halogens is 1. The molecule has 0 unspecified atom stereocenters. The monoisotopic (exact) mass is 432 g/mol. The zero-order valence-corrected chi connectivity index (χ0v) is 17.9. The van der Waals surface area contributed by atoms with Gasteiger partial charge in [0.05, 0.1) is 18.5 Å². The van der Waals surface area contributed by atoms with Gasteiger partial charge in [0.1, 0.15) is 0 Å². The summed E-state index contributed by atoms with van der Waals surface area (Å²) < 4.78 is 26.0. The minimum absolute atomic E-state index is 0.0855. The zero-order valence-electron chi connectivity index (χ0n) is 16.3. The summed E-state index contributed by atoms with van der Waals surface area (Å²) in [4.78, 5) is 12.6. The summed E-state index contributed by atoms with van der Waals surface area (Å²) in [7, 11) is -3.48. The lowest BCUT2D eigenvalue weighted by Gasteiger charge is -2.24. The number of hydrogen-bond donors (Lipinski definition) is 1. The number of hydrogen-bond acceptors (Lipinski definition) is 3. The average Bonchev–Trinajstić information content (AvgIpc) is 3.30. The molecule has 0 aliphatic heterocycles. The molecular formula is C22H25ClN2O3S. The van der Waals surface area contributed by atoms with Crippen LogP contribution in [0, 0.1) is 11.8 Å². The molecule has 2 aliphatic carbocycles. The van der Waals surface area contributed by atoms with Gasteiger partial charge in [0.25, 0.3) is 5.91 Å². The summed E-state index contributed by atoms with van der Waals surface area (Å²) in [6.07, 6.45) is 6.00. The standard InChI is InChI=1S/C22H25ClN2O3S/c1-29(27,28)25(14-15-3-8-19(23)9-4-15)20-10-6-17(7-11-20)22(26)24-21-13-16-2-5-18(21)12-16/h3-4,6-11,16,18,21H,2,5,12-14H2,1H3,(H,24,26)/t16-,18+,21+/m0/s1. The third-order valence-electron chi connectivity index (χ3n) is 6.11. The molecule has 0 saturated heterocycles. The van der Waals surface area contributed by atoms with Gasteiger partial charge in [0, 0.05) is 16.6 Å². The van der Waals surface area contributed by atoms with Crippen LogP contribution in [0.3, 0.4) is 0 Å². The maximum absolute atomic E-state index is 12.6. The number of amides is 1. The number of fused-ring (bicyclic) bond motifs is 2. The van der Waals surface area contributed by atoms with Crippen LogP contribution >= 0.6 is 11.6 Å².